The minimum Gasteiger partial charge on any atom is -0.316 e. The molecule has 2 aliphatic rings. The number of amides is 1. The van der Waals surface area contributed by atoms with Crippen molar-refractivity contribution in [2.24, 2.45) is 5.92 Å². The minimum atomic E-state index is -0.00122. The zero-order chi connectivity index (χ0) is 14.5. The summed E-state index contributed by atoms with van der Waals surface area (Å²) in [4.78, 5) is 16.9. The maximum Gasteiger partial charge on any atom is 0.233 e. The molecule has 112 valence electrons. The zero-order valence-electron chi connectivity index (χ0n) is 13.2. The van der Waals surface area contributed by atoms with Gasteiger partial charge in [-0.15, -0.1) is 0 Å². The highest BCUT2D eigenvalue weighted by atomic mass is 16.2. The number of carbonyl (C=O) groups is 1. The highest BCUT2D eigenvalue weighted by Gasteiger charge is 2.22. The average molecular weight is 276 g/mol. The van der Waals surface area contributed by atoms with E-state index in [4.69, 9.17) is 0 Å². The van der Waals surface area contributed by atoms with Crippen molar-refractivity contribution in [1.82, 2.24) is 9.80 Å². The highest BCUT2D eigenvalue weighted by molar-refractivity contribution is 5.82. The van der Waals surface area contributed by atoms with Gasteiger partial charge in [0.15, 0.2) is 0 Å². The first-order valence-corrected chi connectivity index (χ1v) is 7.98. The lowest BCUT2D eigenvalue weighted by Gasteiger charge is -2.29. The lowest BCUT2D eigenvalue weighted by atomic mass is 10.1. The van der Waals surface area contributed by atoms with Gasteiger partial charge in [0.05, 0.1) is 5.92 Å². The molecule has 20 heavy (non-hydrogen) atoms. The van der Waals surface area contributed by atoms with Crippen molar-refractivity contribution in [3.8, 4) is 0 Å². The summed E-state index contributed by atoms with van der Waals surface area (Å²) >= 11 is 0. The fourth-order valence-corrected chi connectivity index (χ4v) is 3.26. The molecule has 0 saturated carbocycles. The molecule has 1 saturated heterocycles. The molecule has 0 aliphatic carbocycles. The lowest BCUT2D eigenvalue weighted by Crippen LogP contribution is -2.36. The van der Waals surface area contributed by atoms with Gasteiger partial charge in [-0.3, -0.25) is 4.79 Å². The van der Waals surface area contributed by atoms with E-state index in [9.17, 15) is 4.79 Å². The SMILES string of the molecule is CC1=C[C@H](C)C(=O)N(CCCN2CCCCC2)C(C)=C1. The van der Waals surface area contributed by atoms with Crippen molar-refractivity contribution in [3.63, 3.8) is 0 Å². The van der Waals surface area contributed by atoms with E-state index in [1.807, 2.05) is 18.7 Å². The molecule has 0 bridgehead atoms. The van der Waals surface area contributed by atoms with Crippen LogP contribution in [0.5, 0.6) is 0 Å². The Balaban J connectivity index is 1.87. The predicted molar refractivity (Wildman–Crippen MR) is 83.3 cm³/mol. The van der Waals surface area contributed by atoms with Crippen LogP contribution in [-0.4, -0.2) is 41.9 Å². The molecule has 1 atom stereocenters. The van der Waals surface area contributed by atoms with Crippen LogP contribution < -0.4 is 0 Å². The van der Waals surface area contributed by atoms with Crippen molar-refractivity contribution in [1.29, 1.82) is 0 Å². The van der Waals surface area contributed by atoms with E-state index in [-0.39, 0.29) is 11.8 Å². The maximum absolute atomic E-state index is 12.4. The zero-order valence-corrected chi connectivity index (χ0v) is 13.2. The van der Waals surface area contributed by atoms with Gasteiger partial charge >= 0.3 is 0 Å². The Labute approximate surface area is 123 Å². The van der Waals surface area contributed by atoms with E-state index in [1.54, 1.807) is 0 Å². The molecule has 2 aliphatic heterocycles. The number of likely N-dealkylation sites (tertiary alicyclic amines) is 1. The van der Waals surface area contributed by atoms with E-state index in [1.165, 1.54) is 37.9 Å². The number of hydrogen-bond donors (Lipinski definition) is 0. The molecule has 2 rings (SSSR count). The van der Waals surface area contributed by atoms with Crippen LogP contribution in [0.1, 0.15) is 46.5 Å². The van der Waals surface area contributed by atoms with Crippen LogP contribution in [0.25, 0.3) is 0 Å². The van der Waals surface area contributed by atoms with Crippen LogP contribution in [0.2, 0.25) is 0 Å². The minimum absolute atomic E-state index is 0.00122. The van der Waals surface area contributed by atoms with E-state index in [2.05, 4.69) is 24.0 Å². The van der Waals surface area contributed by atoms with Gasteiger partial charge in [-0.1, -0.05) is 25.0 Å². The van der Waals surface area contributed by atoms with Crippen LogP contribution in [0.4, 0.5) is 0 Å². The number of carbonyl (C=O) groups excluding carboxylic acids is 1. The third-order valence-corrected chi connectivity index (χ3v) is 4.34. The molecule has 0 unspecified atom stereocenters. The van der Waals surface area contributed by atoms with Crippen molar-refractivity contribution in [2.75, 3.05) is 26.2 Å². The number of nitrogens with zero attached hydrogens (tertiary/aromatic N) is 2. The summed E-state index contributed by atoms with van der Waals surface area (Å²) in [6.45, 7) is 10.6. The second kappa shape index (κ2) is 7.07. The summed E-state index contributed by atoms with van der Waals surface area (Å²) in [6, 6.07) is 0. The van der Waals surface area contributed by atoms with Gasteiger partial charge in [0.1, 0.15) is 0 Å². The Morgan fingerprint density at radius 2 is 1.85 bits per heavy atom. The summed E-state index contributed by atoms with van der Waals surface area (Å²) in [5.74, 6) is 0.243. The van der Waals surface area contributed by atoms with Crippen molar-refractivity contribution < 1.29 is 4.79 Å². The van der Waals surface area contributed by atoms with Gasteiger partial charge in [-0.25, -0.2) is 0 Å². The molecule has 0 spiro atoms. The number of piperidine rings is 1. The first kappa shape index (κ1) is 15.3. The van der Waals surface area contributed by atoms with Gasteiger partial charge in [-0.05, 0) is 58.8 Å². The van der Waals surface area contributed by atoms with Crippen LogP contribution in [0, 0.1) is 5.92 Å². The first-order valence-electron chi connectivity index (χ1n) is 7.98. The molecular weight excluding hydrogens is 248 g/mol. The third-order valence-electron chi connectivity index (χ3n) is 4.34. The highest BCUT2D eigenvalue weighted by Crippen LogP contribution is 2.20. The lowest BCUT2D eigenvalue weighted by molar-refractivity contribution is -0.131. The number of allylic oxidation sites excluding steroid dienone is 3. The van der Waals surface area contributed by atoms with Crippen molar-refractivity contribution in [3.05, 3.63) is 23.4 Å². The van der Waals surface area contributed by atoms with Crippen LogP contribution in [-0.2, 0) is 4.79 Å². The molecule has 3 nitrogen and oxygen atoms in total. The molecule has 1 fully saturated rings. The fraction of sp³-hybridized carbons (Fsp3) is 0.706. The molecule has 0 aromatic carbocycles. The normalized spacial score (nSPS) is 25.2. The monoisotopic (exact) mass is 276 g/mol. The Kier molecular flexibility index (Phi) is 5.41. The van der Waals surface area contributed by atoms with Crippen LogP contribution >= 0.6 is 0 Å². The van der Waals surface area contributed by atoms with E-state index in [0.717, 1.165) is 25.2 Å². The molecule has 3 heteroatoms. The van der Waals surface area contributed by atoms with Crippen molar-refractivity contribution in [2.45, 2.75) is 46.5 Å². The quantitative estimate of drug-likeness (QED) is 0.787. The van der Waals surface area contributed by atoms with E-state index < -0.39 is 0 Å². The Bertz CT molecular complexity index is 405. The first-order chi connectivity index (χ1) is 9.58. The number of rotatable bonds is 4. The van der Waals surface area contributed by atoms with Crippen LogP contribution in [0.3, 0.4) is 0 Å². The average Bonchev–Trinajstić information content (AvgIpc) is 2.51. The van der Waals surface area contributed by atoms with Gasteiger partial charge in [0, 0.05) is 12.2 Å². The fourth-order valence-electron chi connectivity index (χ4n) is 3.26. The Hall–Kier alpha value is -1.09. The molecule has 0 aromatic rings. The maximum atomic E-state index is 12.4. The second-order valence-electron chi connectivity index (χ2n) is 6.23. The van der Waals surface area contributed by atoms with Gasteiger partial charge in [-0.2, -0.15) is 0 Å². The third kappa shape index (κ3) is 3.95. The molecule has 0 N–H and O–H groups in total. The van der Waals surface area contributed by atoms with Crippen LogP contribution in [0.15, 0.2) is 23.4 Å². The molecule has 1 amide bonds. The van der Waals surface area contributed by atoms with Gasteiger partial charge < -0.3 is 9.80 Å². The summed E-state index contributed by atoms with van der Waals surface area (Å²) in [6.07, 6.45) is 9.32. The Morgan fingerprint density at radius 1 is 1.15 bits per heavy atom. The number of hydrogen-bond acceptors (Lipinski definition) is 2. The summed E-state index contributed by atoms with van der Waals surface area (Å²) < 4.78 is 0. The summed E-state index contributed by atoms with van der Waals surface area (Å²) in [5, 5.41) is 0. The largest absolute Gasteiger partial charge is 0.316 e. The molecule has 0 radical (unpaired) electrons. The molecular formula is C17H28N2O. The van der Waals surface area contributed by atoms with Crippen molar-refractivity contribution >= 4 is 5.91 Å². The van der Waals surface area contributed by atoms with Gasteiger partial charge in [0.25, 0.3) is 0 Å². The predicted octanol–water partition coefficient (Wildman–Crippen LogP) is 3.19. The summed E-state index contributed by atoms with van der Waals surface area (Å²) in [7, 11) is 0. The topological polar surface area (TPSA) is 23.6 Å². The van der Waals surface area contributed by atoms with E-state index in [0.29, 0.717) is 0 Å². The Morgan fingerprint density at radius 3 is 2.55 bits per heavy atom. The molecule has 0 aromatic heterocycles. The smallest absolute Gasteiger partial charge is 0.233 e. The standard InChI is InChI=1S/C17H28N2O/c1-14-12-15(2)17(20)19(16(3)13-14)11-7-10-18-8-5-4-6-9-18/h12-13,15H,4-11H2,1-3H3/t15-/m0/s1. The summed E-state index contributed by atoms with van der Waals surface area (Å²) in [5.41, 5.74) is 2.29. The van der Waals surface area contributed by atoms with E-state index >= 15 is 0 Å². The van der Waals surface area contributed by atoms with Gasteiger partial charge in [0.2, 0.25) is 5.91 Å². The molecule has 2 heterocycles. The second-order valence-corrected chi connectivity index (χ2v) is 6.23.